The van der Waals surface area contributed by atoms with Crippen LogP contribution in [0.2, 0.25) is 0 Å². The molecule has 0 bridgehead atoms. The molecule has 0 saturated carbocycles. The number of nitrogens with two attached hydrogens (primary N) is 1. The van der Waals surface area contributed by atoms with Gasteiger partial charge >= 0.3 is 0 Å². The Morgan fingerprint density at radius 2 is 1.74 bits per heavy atom. The first-order chi connectivity index (χ1) is 14.8. The molecule has 0 radical (unpaired) electrons. The summed E-state index contributed by atoms with van der Waals surface area (Å²) in [5.41, 5.74) is 10.5. The van der Waals surface area contributed by atoms with Crippen LogP contribution in [-0.4, -0.2) is 27.3 Å². The number of rotatable bonds is 6. The molecule has 0 fully saturated rings. The van der Waals surface area contributed by atoms with Crippen LogP contribution in [0.1, 0.15) is 47.1 Å². The highest BCUT2D eigenvalue weighted by Crippen LogP contribution is 2.31. The molecule has 0 aliphatic carbocycles. The number of hydrogen-bond acceptors (Lipinski definition) is 5. The summed E-state index contributed by atoms with van der Waals surface area (Å²) in [4.78, 5) is 29.5. The minimum atomic E-state index is -0.206. The molecule has 160 valence electrons. The molecule has 1 aromatic heterocycles. The van der Waals surface area contributed by atoms with Gasteiger partial charge in [-0.2, -0.15) is 0 Å². The maximum Gasteiger partial charge on any atom is 0.255 e. The highest BCUT2D eigenvalue weighted by atomic mass is 32.2. The van der Waals surface area contributed by atoms with Crippen molar-refractivity contribution in [2.24, 2.45) is 5.73 Å². The van der Waals surface area contributed by atoms with E-state index in [0.717, 1.165) is 16.7 Å². The van der Waals surface area contributed by atoms with Crippen LogP contribution in [0.15, 0.2) is 67.0 Å². The number of nitrogens with zero attached hydrogens (tertiary/aromatic N) is 1. The van der Waals surface area contributed by atoms with E-state index in [9.17, 15) is 9.59 Å². The van der Waals surface area contributed by atoms with Crippen molar-refractivity contribution in [1.29, 1.82) is 0 Å². The smallest absolute Gasteiger partial charge is 0.255 e. The van der Waals surface area contributed by atoms with E-state index in [2.05, 4.69) is 10.3 Å². The number of pyridine rings is 1. The van der Waals surface area contributed by atoms with E-state index in [1.165, 1.54) is 11.8 Å². The van der Waals surface area contributed by atoms with Crippen LogP contribution in [0.5, 0.6) is 0 Å². The minimum Gasteiger partial charge on any atom is -0.330 e. The molecule has 0 aliphatic rings. The van der Waals surface area contributed by atoms with Gasteiger partial charge in [0.25, 0.3) is 5.91 Å². The lowest BCUT2D eigenvalue weighted by atomic mass is 9.94. The van der Waals surface area contributed by atoms with Crippen LogP contribution in [0.3, 0.4) is 0 Å². The second-order valence-electron chi connectivity index (χ2n) is 8.18. The van der Waals surface area contributed by atoms with E-state index in [1.54, 1.807) is 30.6 Å². The van der Waals surface area contributed by atoms with Gasteiger partial charge in [-0.05, 0) is 60.0 Å². The van der Waals surface area contributed by atoms with Crippen molar-refractivity contribution in [3.63, 3.8) is 0 Å². The highest BCUT2D eigenvalue weighted by Gasteiger charge is 2.19. The van der Waals surface area contributed by atoms with Gasteiger partial charge in [0.1, 0.15) is 0 Å². The Bertz CT molecular complexity index is 1080. The van der Waals surface area contributed by atoms with Crippen LogP contribution in [0, 0.1) is 0 Å². The Labute approximate surface area is 187 Å². The topological polar surface area (TPSA) is 85.1 Å². The molecule has 6 heteroatoms. The van der Waals surface area contributed by atoms with Crippen molar-refractivity contribution >= 4 is 28.5 Å². The van der Waals surface area contributed by atoms with Gasteiger partial charge in [-0.15, -0.1) is 0 Å². The molecule has 5 nitrogen and oxygen atoms in total. The molecule has 0 aliphatic heterocycles. The summed E-state index contributed by atoms with van der Waals surface area (Å²) < 4.78 is -0.164. The van der Waals surface area contributed by atoms with Gasteiger partial charge in [0, 0.05) is 34.0 Å². The van der Waals surface area contributed by atoms with Gasteiger partial charge in [-0.3, -0.25) is 14.6 Å². The van der Waals surface area contributed by atoms with Crippen LogP contribution in [0.4, 0.5) is 5.69 Å². The molecule has 3 N–H and O–H groups in total. The van der Waals surface area contributed by atoms with E-state index in [4.69, 9.17) is 5.73 Å². The molecule has 0 unspecified atom stereocenters. The van der Waals surface area contributed by atoms with E-state index in [-0.39, 0.29) is 15.8 Å². The zero-order chi connectivity index (χ0) is 22.4. The number of amides is 1. The monoisotopic (exact) mass is 433 g/mol. The Balaban J connectivity index is 1.95. The Morgan fingerprint density at radius 1 is 1.00 bits per heavy atom. The molecule has 2 aromatic carbocycles. The fourth-order valence-corrected chi connectivity index (χ4v) is 3.95. The van der Waals surface area contributed by atoms with E-state index in [1.807, 2.05) is 57.2 Å². The molecular weight excluding hydrogens is 406 g/mol. The fraction of sp³-hybridized carbons (Fsp3) is 0.240. The largest absolute Gasteiger partial charge is 0.330 e. The predicted octanol–water partition coefficient (Wildman–Crippen LogP) is 5.17. The SMILES string of the molecule is CC(C)(C)SC(=O)c1cccc(-c2cc(C(=O)Nc3ccncc3)ccc2CCN)c1. The third kappa shape index (κ3) is 6.26. The van der Waals surface area contributed by atoms with Gasteiger partial charge in [0.2, 0.25) is 5.12 Å². The average Bonchev–Trinajstić information content (AvgIpc) is 2.74. The Hall–Kier alpha value is -2.96. The number of benzene rings is 2. The van der Waals surface area contributed by atoms with Gasteiger partial charge in [-0.1, -0.05) is 56.8 Å². The van der Waals surface area contributed by atoms with Crippen molar-refractivity contribution in [2.45, 2.75) is 31.9 Å². The lowest BCUT2D eigenvalue weighted by molar-refractivity contribution is 0.102. The number of carbonyl (C=O) groups excluding carboxylic acids is 2. The average molecular weight is 434 g/mol. The number of nitrogens with one attached hydrogen (secondary N) is 1. The van der Waals surface area contributed by atoms with E-state index < -0.39 is 0 Å². The third-order valence-corrected chi connectivity index (χ3v) is 5.57. The van der Waals surface area contributed by atoms with Crippen molar-refractivity contribution in [3.05, 3.63) is 83.7 Å². The quantitative estimate of drug-likeness (QED) is 0.560. The maximum atomic E-state index is 12.8. The highest BCUT2D eigenvalue weighted by molar-refractivity contribution is 8.15. The third-order valence-electron chi connectivity index (χ3n) is 4.53. The number of aromatic nitrogens is 1. The summed E-state index contributed by atoms with van der Waals surface area (Å²) in [6, 6.07) is 16.6. The molecule has 0 spiro atoms. The van der Waals surface area contributed by atoms with Crippen LogP contribution >= 0.6 is 11.8 Å². The lowest BCUT2D eigenvalue weighted by Crippen LogP contribution is -2.13. The summed E-state index contributed by atoms with van der Waals surface area (Å²) in [5.74, 6) is -0.206. The molecule has 3 rings (SSSR count). The predicted molar refractivity (Wildman–Crippen MR) is 129 cm³/mol. The number of carbonyl (C=O) groups is 2. The molecule has 3 aromatic rings. The first-order valence-corrected chi connectivity index (χ1v) is 11.0. The molecule has 31 heavy (non-hydrogen) atoms. The zero-order valence-corrected chi connectivity index (χ0v) is 18.8. The fourth-order valence-electron chi connectivity index (χ4n) is 3.15. The Morgan fingerprint density at radius 3 is 2.42 bits per heavy atom. The van der Waals surface area contributed by atoms with E-state index >= 15 is 0 Å². The van der Waals surface area contributed by atoms with Gasteiger partial charge in [0.05, 0.1) is 0 Å². The summed E-state index contributed by atoms with van der Waals surface area (Å²) in [5, 5.41) is 2.91. The molecule has 1 heterocycles. The molecule has 1 amide bonds. The normalized spacial score (nSPS) is 11.2. The second kappa shape index (κ2) is 9.90. The standard InChI is InChI=1S/C25H27N3O2S/c1-25(2,3)31-24(30)20-6-4-5-18(15-20)22-16-19(8-7-17(22)9-12-26)23(29)28-21-10-13-27-14-11-21/h4-8,10-11,13-16H,9,12,26H2,1-3H3,(H,27,28,29). The first kappa shape index (κ1) is 22.7. The summed E-state index contributed by atoms with van der Waals surface area (Å²) >= 11 is 1.31. The Kier molecular flexibility index (Phi) is 7.25. The lowest BCUT2D eigenvalue weighted by Gasteiger charge is -2.17. The van der Waals surface area contributed by atoms with Crippen LogP contribution in [0.25, 0.3) is 11.1 Å². The van der Waals surface area contributed by atoms with Gasteiger partial charge in [-0.25, -0.2) is 0 Å². The molecular formula is C25H27N3O2S. The molecule has 0 saturated heterocycles. The maximum absolute atomic E-state index is 12.8. The zero-order valence-electron chi connectivity index (χ0n) is 18.0. The summed E-state index contributed by atoms with van der Waals surface area (Å²) in [7, 11) is 0. The van der Waals surface area contributed by atoms with Crippen LogP contribution in [-0.2, 0) is 6.42 Å². The van der Waals surface area contributed by atoms with Gasteiger partial charge < -0.3 is 11.1 Å². The number of anilines is 1. The van der Waals surface area contributed by atoms with Crippen molar-refractivity contribution in [2.75, 3.05) is 11.9 Å². The van der Waals surface area contributed by atoms with Crippen molar-refractivity contribution in [3.8, 4) is 11.1 Å². The van der Waals surface area contributed by atoms with Crippen molar-refractivity contribution in [1.82, 2.24) is 4.98 Å². The number of thioether (sulfide) groups is 1. The summed E-state index contributed by atoms with van der Waals surface area (Å²) in [6.07, 6.45) is 3.93. The molecule has 0 atom stereocenters. The summed E-state index contributed by atoms with van der Waals surface area (Å²) in [6.45, 7) is 6.55. The number of hydrogen-bond donors (Lipinski definition) is 2. The first-order valence-electron chi connectivity index (χ1n) is 10.1. The van der Waals surface area contributed by atoms with E-state index in [0.29, 0.717) is 29.8 Å². The van der Waals surface area contributed by atoms with Gasteiger partial charge in [0.15, 0.2) is 0 Å². The van der Waals surface area contributed by atoms with Crippen LogP contribution < -0.4 is 11.1 Å². The second-order valence-corrected chi connectivity index (χ2v) is 9.98. The van der Waals surface area contributed by atoms with Crippen molar-refractivity contribution < 1.29 is 9.59 Å². The minimum absolute atomic E-state index is 0.0290.